The van der Waals surface area contributed by atoms with Crippen LogP contribution in [0.15, 0.2) is 51.8 Å². The second kappa shape index (κ2) is 7.02. The Hall–Kier alpha value is -2.11. The first-order valence-electron chi connectivity index (χ1n) is 6.45. The number of hydrogen-bond donors (Lipinski definition) is 2. The minimum atomic E-state index is -4.82. The van der Waals surface area contributed by atoms with Gasteiger partial charge in [-0.05, 0) is 58.4 Å². The van der Waals surface area contributed by atoms with Crippen LogP contribution in [-0.2, 0) is 10.0 Å². The summed E-state index contributed by atoms with van der Waals surface area (Å²) in [5.74, 6) is -1.12. The van der Waals surface area contributed by atoms with E-state index >= 15 is 0 Å². The highest BCUT2D eigenvalue weighted by Crippen LogP contribution is 2.25. The molecule has 0 spiro atoms. The van der Waals surface area contributed by atoms with Gasteiger partial charge in [-0.1, -0.05) is 0 Å². The fourth-order valence-electron chi connectivity index (χ4n) is 1.79. The normalized spacial score (nSPS) is 11.9. The lowest BCUT2D eigenvalue weighted by atomic mass is 10.2. The molecule has 2 rings (SSSR count). The van der Waals surface area contributed by atoms with E-state index in [-0.39, 0.29) is 16.1 Å². The van der Waals surface area contributed by atoms with Crippen LogP contribution < -0.4 is 15.2 Å². The van der Waals surface area contributed by atoms with Gasteiger partial charge in [-0.15, -0.1) is 13.2 Å². The van der Waals surface area contributed by atoms with Crippen LogP contribution in [-0.4, -0.2) is 20.7 Å². The summed E-state index contributed by atoms with van der Waals surface area (Å²) < 4.78 is 63.0. The van der Waals surface area contributed by atoms with Crippen LogP contribution in [0.25, 0.3) is 0 Å². The number of hydrogen-bond acceptors (Lipinski definition) is 4. The lowest BCUT2D eigenvalue weighted by Gasteiger charge is -2.11. The SMILES string of the molecule is NS(=O)(=O)c1ccc(Br)c(C(=O)Nc2ccc(OC(F)(F)F)cc2)c1. The van der Waals surface area contributed by atoms with Gasteiger partial charge in [0.1, 0.15) is 5.75 Å². The van der Waals surface area contributed by atoms with E-state index in [9.17, 15) is 26.4 Å². The molecule has 0 aromatic heterocycles. The summed E-state index contributed by atoms with van der Waals surface area (Å²) in [7, 11) is -4.00. The van der Waals surface area contributed by atoms with Gasteiger partial charge in [0.25, 0.3) is 5.91 Å². The molecule has 0 saturated carbocycles. The van der Waals surface area contributed by atoms with Crippen LogP contribution in [0.5, 0.6) is 5.75 Å². The third-order valence-corrected chi connectivity index (χ3v) is 4.46. The fraction of sp³-hybridized carbons (Fsp3) is 0.0714. The Morgan fingerprint density at radius 2 is 1.72 bits per heavy atom. The molecule has 1 amide bonds. The van der Waals surface area contributed by atoms with Gasteiger partial charge in [0.2, 0.25) is 10.0 Å². The number of amides is 1. The fourth-order valence-corrected chi connectivity index (χ4v) is 2.76. The number of alkyl halides is 3. The third-order valence-electron chi connectivity index (χ3n) is 2.86. The van der Waals surface area contributed by atoms with Crippen molar-refractivity contribution in [2.45, 2.75) is 11.3 Å². The second-order valence-electron chi connectivity index (χ2n) is 4.71. The highest BCUT2D eigenvalue weighted by molar-refractivity contribution is 9.10. The Morgan fingerprint density at radius 1 is 1.12 bits per heavy atom. The predicted molar refractivity (Wildman–Crippen MR) is 86.6 cm³/mol. The first-order chi connectivity index (χ1) is 11.5. The number of nitrogens with one attached hydrogen (secondary N) is 1. The summed E-state index contributed by atoms with van der Waals surface area (Å²) in [4.78, 5) is 12.0. The molecule has 0 aliphatic rings. The lowest BCUT2D eigenvalue weighted by Crippen LogP contribution is -2.17. The van der Waals surface area contributed by atoms with Gasteiger partial charge in [-0.3, -0.25) is 4.79 Å². The number of benzene rings is 2. The Morgan fingerprint density at radius 3 is 2.24 bits per heavy atom. The number of anilines is 1. The molecular weight excluding hydrogens is 429 g/mol. The van der Waals surface area contributed by atoms with Gasteiger partial charge in [-0.25, -0.2) is 13.6 Å². The number of sulfonamides is 1. The van der Waals surface area contributed by atoms with Gasteiger partial charge in [0, 0.05) is 10.2 Å². The minimum absolute atomic E-state index is 0.0119. The summed E-state index contributed by atoms with van der Waals surface area (Å²) in [6.07, 6.45) is -4.82. The van der Waals surface area contributed by atoms with Crippen LogP contribution in [0, 0.1) is 0 Å². The van der Waals surface area contributed by atoms with Crippen LogP contribution >= 0.6 is 15.9 Å². The average Bonchev–Trinajstić information content (AvgIpc) is 2.47. The summed E-state index contributed by atoms with van der Waals surface area (Å²) in [5, 5.41) is 7.44. The molecule has 134 valence electrons. The molecule has 0 radical (unpaired) electrons. The number of nitrogens with two attached hydrogens (primary N) is 1. The maximum Gasteiger partial charge on any atom is 0.573 e. The van der Waals surface area contributed by atoms with E-state index in [1.807, 2.05) is 0 Å². The number of primary sulfonamides is 1. The van der Waals surface area contributed by atoms with Crippen LogP contribution in [0.2, 0.25) is 0 Å². The van der Waals surface area contributed by atoms with Gasteiger partial charge < -0.3 is 10.1 Å². The molecule has 25 heavy (non-hydrogen) atoms. The van der Waals surface area contributed by atoms with Crippen LogP contribution in [0.3, 0.4) is 0 Å². The van der Waals surface area contributed by atoms with E-state index in [1.165, 1.54) is 24.3 Å². The Labute approximate surface area is 149 Å². The lowest BCUT2D eigenvalue weighted by molar-refractivity contribution is -0.274. The maximum atomic E-state index is 12.2. The van der Waals surface area contributed by atoms with E-state index < -0.39 is 28.0 Å². The van der Waals surface area contributed by atoms with Crippen molar-refractivity contribution >= 4 is 37.5 Å². The standard InChI is InChI=1S/C14H10BrF3N2O4S/c15-12-6-5-10(25(19,22)23)7-11(12)13(21)20-8-1-3-9(4-2-8)24-14(16,17)18/h1-7H,(H,20,21)(H2,19,22,23). The number of rotatable bonds is 4. The molecule has 0 fully saturated rings. The monoisotopic (exact) mass is 438 g/mol. The molecule has 0 saturated heterocycles. The van der Waals surface area contributed by atoms with E-state index in [1.54, 1.807) is 0 Å². The Kier molecular flexibility index (Phi) is 5.40. The zero-order valence-electron chi connectivity index (χ0n) is 12.2. The number of carbonyl (C=O) groups is 1. The second-order valence-corrected chi connectivity index (χ2v) is 7.13. The third kappa shape index (κ3) is 5.44. The molecule has 2 aromatic rings. The van der Waals surface area contributed by atoms with Crippen molar-refractivity contribution in [1.29, 1.82) is 0 Å². The maximum absolute atomic E-state index is 12.2. The van der Waals surface area contributed by atoms with Crippen molar-refractivity contribution in [1.82, 2.24) is 0 Å². The zero-order chi connectivity index (χ0) is 18.8. The largest absolute Gasteiger partial charge is 0.573 e. The highest BCUT2D eigenvalue weighted by atomic mass is 79.9. The highest BCUT2D eigenvalue weighted by Gasteiger charge is 2.31. The number of carbonyl (C=O) groups excluding carboxylic acids is 1. The average molecular weight is 439 g/mol. The quantitative estimate of drug-likeness (QED) is 0.765. The molecule has 0 unspecified atom stereocenters. The summed E-state index contributed by atoms with van der Waals surface area (Å²) >= 11 is 3.11. The Bertz CT molecular complexity index is 899. The molecule has 0 aliphatic heterocycles. The molecule has 3 N–H and O–H groups in total. The van der Waals surface area contributed by atoms with Crippen molar-refractivity contribution in [3.05, 3.63) is 52.5 Å². The van der Waals surface area contributed by atoms with E-state index in [0.29, 0.717) is 4.47 Å². The number of halogens is 4. The van der Waals surface area contributed by atoms with Crippen molar-refractivity contribution < 1.29 is 31.1 Å². The molecule has 0 aliphatic carbocycles. The first-order valence-corrected chi connectivity index (χ1v) is 8.79. The summed E-state index contributed by atoms with van der Waals surface area (Å²) in [6, 6.07) is 8.11. The van der Waals surface area contributed by atoms with Gasteiger partial charge in [0.05, 0.1) is 10.5 Å². The van der Waals surface area contributed by atoms with E-state index in [0.717, 1.165) is 18.2 Å². The minimum Gasteiger partial charge on any atom is -0.406 e. The topological polar surface area (TPSA) is 98.5 Å². The van der Waals surface area contributed by atoms with Gasteiger partial charge in [-0.2, -0.15) is 0 Å². The smallest absolute Gasteiger partial charge is 0.406 e. The molecule has 2 aromatic carbocycles. The molecular formula is C14H10BrF3N2O4S. The van der Waals surface area contributed by atoms with Crippen LogP contribution in [0.4, 0.5) is 18.9 Å². The van der Waals surface area contributed by atoms with Crippen molar-refractivity contribution in [3.8, 4) is 5.75 Å². The van der Waals surface area contributed by atoms with Gasteiger partial charge >= 0.3 is 6.36 Å². The van der Waals surface area contributed by atoms with Crippen molar-refractivity contribution in [2.24, 2.45) is 5.14 Å². The van der Waals surface area contributed by atoms with Crippen molar-refractivity contribution in [2.75, 3.05) is 5.32 Å². The van der Waals surface area contributed by atoms with Crippen molar-refractivity contribution in [3.63, 3.8) is 0 Å². The Balaban J connectivity index is 2.20. The molecule has 0 bridgehead atoms. The molecule has 11 heteroatoms. The van der Waals surface area contributed by atoms with E-state index in [2.05, 4.69) is 26.0 Å². The van der Waals surface area contributed by atoms with E-state index in [4.69, 9.17) is 5.14 Å². The zero-order valence-corrected chi connectivity index (χ0v) is 14.6. The number of ether oxygens (including phenoxy) is 1. The van der Waals surface area contributed by atoms with Crippen LogP contribution in [0.1, 0.15) is 10.4 Å². The summed E-state index contributed by atoms with van der Waals surface area (Å²) in [5.41, 5.74) is 0.176. The first kappa shape index (κ1) is 19.2. The molecule has 6 nitrogen and oxygen atoms in total. The predicted octanol–water partition coefficient (Wildman–Crippen LogP) is 3.25. The summed E-state index contributed by atoms with van der Waals surface area (Å²) in [6.45, 7) is 0. The molecule has 0 heterocycles. The van der Waals surface area contributed by atoms with Gasteiger partial charge in [0.15, 0.2) is 0 Å². The molecule has 0 atom stereocenters.